The van der Waals surface area contributed by atoms with Gasteiger partial charge in [0.05, 0.1) is 12.9 Å². The molecule has 0 spiro atoms. The van der Waals surface area contributed by atoms with E-state index >= 15 is 0 Å². The highest BCUT2D eigenvalue weighted by Gasteiger charge is 2.50. The molecular weight excluding hydrogens is 262 g/mol. The number of hydrogen-bond acceptors (Lipinski definition) is 3. The summed E-state index contributed by atoms with van der Waals surface area (Å²) in [4.78, 5) is 7.19. The van der Waals surface area contributed by atoms with Crippen molar-refractivity contribution in [2.45, 2.75) is 51.0 Å². The van der Waals surface area contributed by atoms with Gasteiger partial charge < -0.3 is 15.4 Å². The molecule has 3 N–H and O–H groups in total. The molecule has 0 aliphatic heterocycles. The van der Waals surface area contributed by atoms with E-state index in [1.165, 1.54) is 38.5 Å². The quantitative estimate of drug-likeness (QED) is 0.752. The van der Waals surface area contributed by atoms with Crippen LogP contribution in [0.1, 0.15) is 44.2 Å². The van der Waals surface area contributed by atoms with Crippen LogP contribution in [-0.4, -0.2) is 34.3 Å². The molecular formula is C17H27N3O. The second-order valence-corrected chi connectivity index (χ2v) is 7.96. The third-order valence-corrected chi connectivity index (χ3v) is 6.17. The monoisotopic (exact) mass is 289 g/mol. The van der Waals surface area contributed by atoms with Crippen molar-refractivity contribution in [1.82, 2.24) is 15.3 Å². The maximum atomic E-state index is 9.64. The van der Waals surface area contributed by atoms with E-state index < -0.39 is 0 Å². The van der Waals surface area contributed by atoms with E-state index in [1.54, 1.807) is 6.33 Å². The van der Waals surface area contributed by atoms with Gasteiger partial charge in [-0.3, -0.25) is 0 Å². The van der Waals surface area contributed by atoms with Crippen LogP contribution in [0, 0.1) is 23.2 Å². The van der Waals surface area contributed by atoms with Crippen LogP contribution >= 0.6 is 0 Å². The Labute approximate surface area is 126 Å². The van der Waals surface area contributed by atoms with E-state index in [1.807, 2.05) is 6.20 Å². The van der Waals surface area contributed by atoms with Gasteiger partial charge in [-0.15, -0.1) is 0 Å². The number of aromatic amines is 1. The molecule has 4 aliphatic carbocycles. The molecule has 4 saturated carbocycles. The first kappa shape index (κ1) is 13.8. The molecule has 116 valence electrons. The van der Waals surface area contributed by atoms with Crippen molar-refractivity contribution in [3.8, 4) is 0 Å². The molecule has 4 heteroatoms. The van der Waals surface area contributed by atoms with Gasteiger partial charge in [-0.25, -0.2) is 4.98 Å². The van der Waals surface area contributed by atoms with E-state index in [0.29, 0.717) is 5.41 Å². The number of imidazole rings is 1. The molecule has 0 aromatic carbocycles. The third kappa shape index (κ3) is 2.76. The number of rotatable bonds is 6. The highest BCUT2D eigenvalue weighted by molar-refractivity contribution is 5.03. The van der Waals surface area contributed by atoms with Gasteiger partial charge in [-0.1, -0.05) is 0 Å². The Morgan fingerprint density at radius 3 is 2.43 bits per heavy atom. The molecule has 4 aliphatic rings. The normalized spacial score (nSPS) is 38.8. The number of aromatic nitrogens is 2. The summed E-state index contributed by atoms with van der Waals surface area (Å²) in [5, 5.41) is 13.3. The first-order valence-corrected chi connectivity index (χ1v) is 8.56. The predicted molar refractivity (Wildman–Crippen MR) is 81.8 cm³/mol. The summed E-state index contributed by atoms with van der Waals surface area (Å²) in [6, 6.07) is 0.151. The standard InChI is InChI=1S/C17H27N3O/c21-9-16(4-15-8-18-11-20-15)19-10-17-5-12-1-13(6-17)3-14(2-12)7-17/h8,11-14,16,19,21H,1-7,9-10H2,(H,18,20). The maximum Gasteiger partial charge on any atom is 0.0921 e. The lowest BCUT2D eigenvalue weighted by molar-refractivity contribution is -0.0530. The lowest BCUT2D eigenvalue weighted by atomic mass is 9.49. The minimum Gasteiger partial charge on any atom is -0.395 e. The number of H-pyrrole nitrogens is 1. The van der Waals surface area contributed by atoms with Crippen LogP contribution in [-0.2, 0) is 6.42 Å². The van der Waals surface area contributed by atoms with Gasteiger partial charge in [0, 0.05) is 30.9 Å². The fourth-order valence-corrected chi connectivity index (χ4v) is 5.73. The summed E-state index contributed by atoms with van der Waals surface area (Å²) in [7, 11) is 0. The number of aliphatic hydroxyl groups excluding tert-OH is 1. The van der Waals surface area contributed by atoms with Crippen LogP contribution in [0.2, 0.25) is 0 Å². The molecule has 4 bridgehead atoms. The predicted octanol–water partition coefficient (Wildman–Crippen LogP) is 2.12. The van der Waals surface area contributed by atoms with Gasteiger partial charge >= 0.3 is 0 Å². The lowest BCUT2D eigenvalue weighted by Gasteiger charge is -2.57. The molecule has 21 heavy (non-hydrogen) atoms. The molecule has 1 atom stereocenters. The Bertz CT molecular complexity index is 435. The van der Waals surface area contributed by atoms with Crippen molar-refractivity contribution < 1.29 is 5.11 Å². The Kier molecular flexibility index (Phi) is 3.54. The molecule has 1 aromatic heterocycles. The van der Waals surface area contributed by atoms with Gasteiger partial charge in [0.1, 0.15) is 0 Å². The first-order chi connectivity index (χ1) is 10.2. The van der Waals surface area contributed by atoms with Crippen LogP contribution in [0.5, 0.6) is 0 Å². The smallest absolute Gasteiger partial charge is 0.0921 e. The van der Waals surface area contributed by atoms with Crippen LogP contribution in [0.3, 0.4) is 0 Å². The van der Waals surface area contributed by atoms with Gasteiger partial charge in [-0.2, -0.15) is 0 Å². The molecule has 4 fully saturated rings. The second kappa shape index (κ2) is 5.40. The molecule has 0 amide bonds. The topological polar surface area (TPSA) is 60.9 Å². The van der Waals surface area contributed by atoms with Crippen LogP contribution in [0.4, 0.5) is 0 Å². The van der Waals surface area contributed by atoms with Gasteiger partial charge in [0.15, 0.2) is 0 Å². The Hall–Kier alpha value is -0.870. The zero-order valence-electron chi connectivity index (χ0n) is 12.7. The average Bonchev–Trinajstić information content (AvgIpc) is 2.95. The molecule has 1 heterocycles. The number of hydrogen-bond donors (Lipinski definition) is 3. The van der Waals surface area contributed by atoms with Crippen molar-refractivity contribution in [2.75, 3.05) is 13.2 Å². The summed E-state index contributed by atoms with van der Waals surface area (Å²) in [6.07, 6.45) is 13.2. The second-order valence-electron chi connectivity index (χ2n) is 7.96. The lowest BCUT2D eigenvalue weighted by Crippen LogP contribution is -2.52. The Morgan fingerprint density at radius 1 is 1.24 bits per heavy atom. The average molecular weight is 289 g/mol. The van der Waals surface area contributed by atoms with Gasteiger partial charge in [0.25, 0.3) is 0 Å². The molecule has 1 aromatic rings. The van der Waals surface area contributed by atoms with Crippen molar-refractivity contribution in [3.05, 3.63) is 18.2 Å². The van der Waals surface area contributed by atoms with Crippen molar-refractivity contribution in [2.24, 2.45) is 23.2 Å². The van der Waals surface area contributed by atoms with Crippen molar-refractivity contribution in [3.63, 3.8) is 0 Å². The molecule has 0 radical (unpaired) electrons. The number of aliphatic hydroxyl groups is 1. The summed E-state index contributed by atoms with van der Waals surface area (Å²) in [5.41, 5.74) is 1.64. The van der Waals surface area contributed by atoms with Gasteiger partial charge in [-0.05, 0) is 61.7 Å². The van der Waals surface area contributed by atoms with Crippen LogP contribution < -0.4 is 5.32 Å². The SMILES string of the molecule is OCC(Cc1cnc[nH]1)NCC12CC3CC(CC(C3)C1)C2. The van der Waals surface area contributed by atoms with E-state index in [0.717, 1.165) is 36.4 Å². The maximum absolute atomic E-state index is 9.64. The summed E-state index contributed by atoms with van der Waals surface area (Å²) in [5.74, 6) is 3.00. The van der Waals surface area contributed by atoms with E-state index in [4.69, 9.17) is 0 Å². The van der Waals surface area contributed by atoms with E-state index in [2.05, 4.69) is 15.3 Å². The van der Waals surface area contributed by atoms with E-state index in [9.17, 15) is 5.11 Å². The minimum atomic E-state index is 0.151. The van der Waals surface area contributed by atoms with Crippen LogP contribution in [0.15, 0.2) is 12.5 Å². The largest absolute Gasteiger partial charge is 0.395 e. The van der Waals surface area contributed by atoms with Crippen LogP contribution in [0.25, 0.3) is 0 Å². The fourth-order valence-electron chi connectivity index (χ4n) is 5.73. The zero-order valence-corrected chi connectivity index (χ0v) is 12.7. The highest BCUT2D eigenvalue weighted by atomic mass is 16.3. The Balaban J connectivity index is 1.37. The zero-order chi connectivity index (χ0) is 14.3. The molecule has 1 unspecified atom stereocenters. The van der Waals surface area contributed by atoms with Crippen molar-refractivity contribution in [1.29, 1.82) is 0 Å². The molecule has 5 rings (SSSR count). The third-order valence-electron chi connectivity index (χ3n) is 6.17. The summed E-state index contributed by atoms with van der Waals surface area (Å²) >= 11 is 0. The number of nitrogens with one attached hydrogen (secondary N) is 2. The van der Waals surface area contributed by atoms with Gasteiger partial charge in [0.2, 0.25) is 0 Å². The fraction of sp³-hybridized carbons (Fsp3) is 0.824. The summed E-state index contributed by atoms with van der Waals surface area (Å²) < 4.78 is 0. The first-order valence-electron chi connectivity index (χ1n) is 8.56. The van der Waals surface area contributed by atoms with Crippen molar-refractivity contribution >= 4 is 0 Å². The highest BCUT2D eigenvalue weighted by Crippen LogP contribution is 2.59. The minimum absolute atomic E-state index is 0.151. The number of nitrogens with zero attached hydrogens (tertiary/aromatic N) is 1. The summed E-state index contributed by atoms with van der Waals surface area (Å²) in [6.45, 7) is 1.29. The van der Waals surface area contributed by atoms with E-state index in [-0.39, 0.29) is 12.6 Å². The molecule has 4 nitrogen and oxygen atoms in total. The Morgan fingerprint density at radius 2 is 1.90 bits per heavy atom. The molecule has 0 saturated heterocycles.